The monoisotopic (exact) mass is 379 g/mol. The molecule has 1 aliphatic heterocycles. The topological polar surface area (TPSA) is 18.5 Å². The smallest absolute Gasteiger partial charge is 0.125 e. The van der Waals surface area contributed by atoms with E-state index in [1.54, 1.807) is 12.1 Å². The van der Waals surface area contributed by atoms with E-state index in [0.717, 1.165) is 41.4 Å². The van der Waals surface area contributed by atoms with Crippen molar-refractivity contribution in [2.45, 2.75) is 32.2 Å². The minimum atomic E-state index is -0.230. The molecule has 0 spiro atoms. The van der Waals surface area contributed by atoms with Crippen molar-refractivity contribution in [1.29, 1.82) is 0 Å². The van der Waals surface area contributed by atoms with Gasteiger partial charge in [-0.1, -0.05) is 56.3 Å². The van der Waals surface area contributed by atoms with Gasteiger partial charge in [-0.15, -0.1) is 0 Å². The number of nitrogens with one attached hydrogen (secondary N) is 1. The summed E-state index contributed by atoms with van der Waals surface area (Å²) in [6, 6.07) is 15.1. The number of hydrogen-bond acceptors (Lipinski definition) is 3. The van der Waals surface area contributed by atoms with Crippen molar-refractivity contribution < 1.29 is 4.39 Å². The van der Waals surface area contributed by atoms with Gasteiger partial charge in [0.25, 0.3) is 0 Å². The summed E-state index contributed by atoms with van der Waals surface area (Å²) in [7, 11) is 1.87. The summed E-state index contributed by atoms with van der Waals surface area (Å²) in [6.07, 6.45) is 4.88. The molecule has 1 N–H and O–H groups in total. The molecule has 0 aliphatic carbocycles. The van der Waals surface area contributed by atoms with E-state index >= 15 is 0 Å². The molecular weight excluding hydrogens is 349 g/mol. The molecule has 1 fully saturated rings. The molecule has 0 unspecified atom stereocenters. The fourth-order valence-electron chi connectivity index (χ4n) is 3.61. The van der Waals surface area contributed by atoms with Gasteiger partial charge in [0.05, 0.1) is 0 Å². The maximum absolute atomic E-state index is 13.9. The van der Waals surface area contributed by atoms with E-state index in [2.05, 4.69) is 52.5 Å². The zero-order valence-electron chi connectivity index (χ0n) is 16.8. The zero-order chi connectivity index (χ0) is 19.9. The Balaban J connectivity index is 1.85. The van der Waals surface area contributed by atoms with Crippen molar-refractivity contribution in [1.82, 2.24) is 10.2 Å². The third-order valence-electron chi connectivity index (χ3n) is 5.35. The Bertz CT molecular complexity index is 805. The van der Waals surface area contributed by atoms with Crippen LogP contribution in [0.3, 0.4) is 0 Å². The number of benzene rings is 2. The van der Waals surface area contributed by atoms with E-state index in [9.17, 15) is 4.39 Å². The standard InChI is InChI=1S/C24H30FN3/c1-19(26-3)22-13-11-21(12-14-22)18-28(24-10-8-9-23(25)17-24)20(2)27-15-6-4-5-7-16-27/h8-14,17,26H,1-2,4-7,15-16,18H2,3H3. The van der Waals surface area contributed by atoms with Crippen molar-refractivity contribution in [3.8, 4) is 0 Å². The summed E-state index contributed by atoms with van der Waals surface area (Å²) >= 11 is 0. The molecule has 0 atom stereocenters. The maximum Gasteiger partial charge on any atom is 0.125 e. The molecule has 0 bridgehead atoms. The lowest BCUT2D eigenvalue weighted by Crippen LogP contribution is -2.35. The molecule has 3 nitrogen and oxygen atoms in total. The highest BCUT2D eigenvalue weighted by Gasteiger charge is 2.19. The van der Waals surface area contributed by atoms with Crippen molar-refractivity contribution in [2.75, 3.05) is 25.0 Å². The molecule has 2 aromatic rings. The molecule has 28 heavy (non-hydrogen) atoms. The Hall–Kier alpha value is -2.75. The van der Waals surface area contributed by atoms with E-state index in [1.807, 2.05) is 13.1 Å². The summed E-state index contributed by atoms with van der Waals surface area (Å²) in [4.78, 5) is 4.46. The Kier molecular flexibility index (Phi) is 6.75. The Labute approximate surface area is 168 Å². The second-order valence-electron chi connectivity index (χ2n) is 7.31. The molecule has 2 aromatic carbocycles. The predicted octanol–water partition coefficient (Wildman–Crippen LogP) is 5.37. The molecule has 4 heteroatoms. The van der Waals surface area contributed by atoms with Crippen LogP contribution in [-0.2, 0) is 6.54 Å². The number of hydrogen-bond donors (Lipinski definition) is 1. The van der Waals surface area contributed by atoms with Crippen LogP contribution in [0.15, 0.2) is 67.5 Å². The molecule has 148 valence electrons. The second kappa shape index (κ2) is 9.45. The lowest BCUT2D eigenvalue weighted by molar-refractivity contribution is 0.347. The van der Waals surface area contributed by atoms with Crippen LogP contribution in [0.25, 0.3) is 5.70 Å². The Morgan fingerprint density at radius 3 is 2.32 bits per heavy atom. The normalized spacial score (nSPS) is 14.3. The first-order chi connectivity index (χ1) is 13.6. The van der Waals surface area contributed by atoms with Gasteiger partial charge in [-0.25, -0.2) is 4.39 Å². The van der Waals surface area contributed by atoms with Crippen LogP contribution in [0.4, 0.5) is 10.1 Å². The number of halogens is 1. The van der Waals surface area contributed by atoms with Crippen LogP contribution in [-0.4, -0.2) is 25.0 Å². The molecule has 0 radical (unpaired) electrons. The first-order valence-corrected chi connectivity index (χ1v) is 10.0. The predicted molar refractivity (Wildman–Crippen MR) is 116 cm³/mol. The van der Waals surface area contributed by atoms with Crippen LogP contribution in [0.5, 0.6) is 0 Å². The zero-order valence-corrected chi connectivity index (χ0v) is 16.8. The number of anilines is 1. The van der Waals surface area contributed by atoms with Crippen LogP contribution in [0.1, 0.15) is 36.8 Å². The maximum atomic E-state index is 13.9. The molecule has 1 heterocycles. The largest absolute Gasteiger partial charge is 0.388 e. The van der Waals surface area contributed by atoms with E-state index in [1.165, 1.54) is 31.7 Å². The van der Waals surface area contributed by atoms with Crippen molar-refractivity contribution in [3.05, 3.63) is 84.5 Å². The van der Waals surface area contributed by atoms with Crippen LogP contribution in [0.2, 0.25) is 0 Å². The highest BCUT2D eigenvalue weighted by Crippen LogP contribution is 2.26. The minimum absolute atomic E-state index is 0.230. The molecule has 1 saturated heterocycles. The van der Waals surface area contributed by atoms with E-state index in [4.69, 9.17) is 0 Å². The average Bonchev–Trinajstić information content (AvgIpc) is 3.01. The van der Waals surface area contributed by atoms with Crippen molar-refractivity contribution >= 4 is 11.4 Å². The van der Waals surface area contributed by atoms with E-state index < -0.39 is 0 Å². The number of likely N-dealkylation sites (tertiary alicyclic amines) is 1. The number of nitrogens with zero attached hydrogens (tertiary/aromatic N) is 2. The fraction of sp³-hybridized carbons (Fsp3) is 0.333. The molecule has 0 aromatic heterocycles. The van der Waals surface area contributed by atoms with Gasteiger partial charge in [0.1, 0.15) is 11.6 Å². The van der Waals surface area contributed by atoms with Crippen LogP contribution < -0.4 is 10.2 Å². The second-order valence-corrected chi connectivity index (χ2v) is 7.31. The summed E-state index contributed by atoms with van der Waals surface area (Å²) in [5.74, 6) is 0.711. The highest BCUT2D eigenvalue weighted by atomic mass is 19.1. The SMILES string of the molecule is C=C(NC)c1ccc(CN(C(=C)N2CCCCCC2)c2cccc(F)c2)cc1. The van der Waals surface area contributed by atoms with Gasteiger partial charge in [0.2, 0.25) is 0 Å². The first-order valence-electron chi connectivity index (χ1n) is 10.0. The molecular formula is C24H30FN3. The van der Waals surface area contributed by atoms with Gasteiger partial charge in [-0.3, -0.25) is 0 Å². The van der Waals surface area contributed by atoms with Crippen molar-refractivity contribution in [3.63, 3.8) is 0 Å². The lowest BCUT2D eigenvalue weighted by Gasteiger charge is -2.35. The quantitative estimate of drug-likeness (QED) is 0.698. The average molecular weight is 380 g/mol. The van der Waals surface area contributed by atoms with Crippen LogP contribution in [0, 0.1) is 5.82 Å². The first kappa shape index (κ1) is 20.0. The lowest BCUT2D eigenvalue weighted by atomic mass is 10.1. The highest BCUT2D eigenvalue weighted by molar-refractivity contribution is 5.61. The molecule has 3 rings (SSSR count). The fourth-order valence-corrected chi connectivity index (χ4v) is 3.61. The van der Waals surface area contributed by atoms with Crippen LogP contribution >= 0.6 is 0 Å². The van der Waals surface area contributed by atoms with Gasteiger partial charge < -0.3 is 15.1 Å². The third-order valence-corrected chi connectivity index (χ3v) is 5.35. The van der Waals surface area contributed by atoms with Crippen molar-refractivity contribution in [2.24, 2.45) is 0 Å². The third kappa shape index (κ3) is 4.94. The summed E-state index contributed by atoms with van der Waals surface area (Å²) in [6.45, 7) is 11.0. The van der Waals surface area contributed by atoms with E-state index in [-0.39, 0.29) is 5.82 Å². The summed E-state index contributed by atoms with van der Waals surface area (Å²) in [5, 5.41) is 3.07. The summed E-state index contributed by atoms with van der Waals surface area (Å²) < 4.78 is 13.9. The van der Waals surface area contributed by atoms with Gasteiger partial charge in [0.15, 0.2) is 0 Å². The number of rotatable bonds is 7. The van der Waals surface area contributed by atoms with Gasteiger partial charge in [0, 0.05) is 38.1 Å². The Morgan fingerprint density at radius 2 is 1.71 bits per heavy atom. The summed E-state index contributed by atoms with van der Waals surface area (Å²) in [5.41, 5.74) is 3.93. The van der Waals surface area contributed by atoms with Gasteiger partial charge in [-0.2, -0.15) is 0 Å². The van der Waals surface area contributed by atoms with Gasteiger partial charge >= 0.3 is 0 Å². The molecule has 1 aliphatic rings. The molecule has 0 saturated carbocycles. The van der Waals surface area contributed by atoms with E-state index in [0.29, 0.717) is 6.54 Å². The van der Waals surface area contributed by atoms with Gasteiger partial charge in [-0.05, 0) is 42.2 Å². The molecule has 0 amide bonds. The minimum Gasteiger partial charge on any atom is -0.388 e. The Morgan fingerprint density at radius 1 is 1.04 bits per heavy atom.